The van der Waals surface area contributed by atoms with Gasteiger partial charge in [0.05, 0.1) is 0 Å². The van der Waals surface area contributed by atoms with E-state index in [0.717, 1.165) is 18.9 Å². The molecule has 0 unspecified atom stereocenters. The molecule has 2 nitrogen and oxygen atoms in total. The fourth-order valence-corrected chi connectivity index (χ4v) is 1.37. The van der Waals surface area contributed by atoms with Gasteiger partial charge in [0.15, 0.2) is 0 Å². The highest BCUT2D eigenvalue weighted by Gasteiger charge is 2.09. The van der Waals surface area contributed by atoms with Crippen molar-refractivity contribution in [2.75, 3.05) is 13.6 Å². The van der Waals surface area contributed by atoms with Gasteiger partial charge < -0.3 is 4.90 Å². The lowest BCUT2D eigenvalue weighted by Gasteiger charge is -2.18. The highest BCUT2D eigenvalue weighted by molar-refractivity contribution is 5.75. The Morgan fingerprint density at radius 3 is 2.14 bits per heavy atom. The van der Waals surface area contributed by atoms with Crippen LogP contribution in [0.15, 0.2) is 0 Å². The number of nitrogens with zero attached hydrogens (tertiary/aromatic N) is 1. The Kier molecular flexibility index (Phi) is 6.60. The summed E-state index contributed by atoms with van der Waals surface area (Å²) < 4.78 is 0. The van der Waals surface area contributed by atoms with Crippen LogP contribution >= 0.6 is 0 Å². The second kappa shape index (κ2) is 6.86. The molecule has 14 heavy (non-hydrogen) atoms. The van der Waals surface area contributed by atoms with Crippen LogP contribution in [0, 0.1) is 11.8 Å². The highest BCUT2D eigenvalue weighted by atomic mass is 16.2. The maximum atomic E-state index is 11.6. The molecule has 84 valence electrons. The molecule has 0 rings (SSSR count). The van der Waals surface area contributed by atoms with E-state index in [4.69, 9.17) is 0 Å². The van der Waals surface area contributed by atoms with Gasteiger partial charge in [-0.25, -0.2) is 0 Å². The van der Waals surface area contributed by atoms with Gasteiger partial charge in [-0.15, -0.1) is 0 Å². The second-order valence-electron chi connectivity index (χ2n) is 4.95. The summed E-state index contributed by atoms with van der Waals surface area (Å²) in [6.45, 7) is 9.51. The quantitative estimate of drug-likeness (QED) is 0.644. The largest absolute Gasteiger partial charge is 0.346 e. The molecule has 0 saturated carbocycles. The van der Waals surface area contributed by atoms with E-state index in [0.29, 0.717) is 12.3 Å². The van der Waals surface area contributed by atoms with Gasteiger partial charge in [-0.05, 0) is 24.7 Å². The van der Waals surface area contributed by atoms with Crippen LogP contribution in [0.3, 0.4) is 0 Å². The first-order valence-corrected chi connectivity index (χ1v) is 5.67. The first kappa shape index (κ1) is 13.5. The monoisotopic (exact) mass is 199 g/mol. The van der Waals surface area contributed by atoms with Crippen molar-refractivity contribution in [1.29, 1.82) is 0 Å². The minimum Gasteiger partial charge on any atom is -0.346 e. The summed E-state index contributed by atoms with van der Waals surface area (Å²) in [7, 11) is 1.91. The van der Waals surface area contributed by atoms with Crippen LogP contribution in [-0.2, 0) is 4.79 Å². The van der Waals surface area contributed by atoms with Crippen LogP contribution in [0.4, 0.5) is 0 Å². The van der Waals surface area contributed by atoms with Crippen LogP contribution < -0.4 is 0 Å². The molecule has 0 fully saturated rings. The summed E-state index contributed by atoms with van der Waals surface area (Å²) in [6, 6.07) is 0. The van der Waals surface area contributed by atoms with E-state index in [1.807, 2.05) is 11.9 Å². The lowest BCUT2D eigenvalue weighted by atomic mass is 10.1. The third kappa shape index (κ3) is 6.93. The van der Waals surface area contributed by atoms with Crippen molar-refractivity contribution in [2.45, 2.75) is 47.0 Å². The molecule has 0 heterocycles. The average Bonchev–Trinajstić information content (AvgIpc) is 2.01. The minimum atomic E-state index is 0.281. The molecule has 0 aromatic heterocycles. The first-order chi connectivity index (χ1) is 6.43. The summed E-state index contributed by atoms with van der Waals surface area (Å²) in [6.07, 6.45) is 3.01. The maximum absolute atomic E-state index is 11.6. The molecule has 0 bridgehead atoms. The van der Waals surface area contributed by atoms with Crippen LogP contribution in [0.5, 0.6) is 0 Å². The topological polar surface area (TPSA) is 20.3 Å². The summed E-state index contributed by atoms with van der Waals surface area (Å²) >= 11 is 0. The van der Waals surface area contributed by atoms with Gasteiger partial charge in [0.1, 0.15) is 0 Å². The van der Waals surface area contributed by atoms with E-state index in [1.54, 1.807) is 0 Å². The smallest absolute Gasteiger partial charge is 0.222 e. The van der Waals surface area contributed by atoms with E-state index >= 15 is 0 Å². The van der Waals surface area contributed by atoms with Crippen molar-refractivity contribution in [1.82, 2.24) is 4.90 Å². The van der Waals surface area contributed by atoms with Crippen molar-refractivity contribution in [3.05, 3.63) is 0 Å². The molecular weight excluding hydrogens is 174 g/mol. The van der Waals surface area contributed by atoms with E-state index in [2.05, 4.69) is 27.7 Å². The molecule has 0 aliphatic rings. The Morgan fingerprint density at radius 1 is 1.14 bits per heavy atom. The third-order valence-electron chi connectivity index (χ3n) is 2.28. The van der Waals surface area contributed by atoms with Crippen molar-refractivity contribution in [3.63, 3.8) is 0 Å². The Balaban J connectivity index is 3.62. The van der Waals surface area contributed by atoms with Gasteiger partial charge in [0.25, 0.3) is 0 Å². The van der Waals surface area contributed by atoms with Gasteiger partial charge in [0, 0.05) is 20.0 Å². The molecule has 0 atom stereocenters. The number of rotatable bonds is 6. The van der Waals surface area contributed by atoms with Crippen molar-refractivity contribution in [3.8, 4) is 0 Å². The average molecular weight is 199 g/mol. The van der Waals surface area contributed by atoms with Crippen molar-refractivity contribution >= 4 is 5.91 Å². The predicted octanol–water partition coefficient (Wildman–Crippen LogP) is 2.93. The number of hydrogen-bond acceptors (Lipinski definition) is 1. The standard InChI is InChI=1S/C12H25NO/c1-10(2)7-6-8-13(5)12(14)9-11(3)4/h10-11H,6-9H2,1-5H3. The van der Waals surface area contributed by atoms with E-state index in [1.165, 1.54) is 6.42 Å². The summed E-state index contributed by atoms with van der Waals surface area (Å²) in [5.41, 5.74) is 0. The molecule has 0 aromatic carbocycles. The van der Waals surface area contributed by atoms with Crippen LogP contribution in [0.25, 0.3) is 0 Å². The molecule has 0 saturated heterocycles. The molecule has 0 aliphatic heterocycles. The first-order valence-electron chi connectivity index (χ1n) is 5.67. The van der Waals surface area contributed by atoms with Crippen LogP contribution in [-0.4, -0.2) is 24.4 Å². The minimum absolute atomic E-state index is 0.281. The Morgan fingerprint density at radius 2 is 1.71 bits per heavy atom. The predicted molar refractivity (Wildman–Crippen MR) is 61.2 cm³/mol. The van der Waals surface area contributed by atoms with E-state index in [-0.39, 0.29) is 5.91 Å². The molecule has 0 aliphatic carbocycles. The van der Waals surface area contributed by atoms with E-state index < -0.39 is 0 Å². The Hall–Kier alpha value is -0.530. The van der Waals surface area contributed by atoms with Gasteiger partial charge >= 0.3 is 0 Å². The summed E-state index contributed by atoms with van der Waals surface area (Å²) in [5.74, 6) is 1.49. The van der Waals surface area contributed by atoms with Gasteiger partial charge in [-0.2, -0.15) is 0 Å². The Labute approximate surface area is 88.7 Å². The van der Waals surface area contributed by atoms with Crippen LogP contribution in [0.1, 0.15) is 47.0 Å². The van der Waals surface area contributed by atoms with Gasteiger partial charge in [-0.1, -0.05) is 27.7 Å². The number of carbonyl (C=O) groups is 1. The van der Waals surface area contributed by atoms with E-state index in [9.17, 15) is 4.79 Å². The normalized spacial score (nSPS) is 11.1. The molecule has 1 amide bonds. The fourth-order valence-electron chi connectivity index (χ4n) is 1.37. The van der Waals surface area contributed by atoms with Crippen molar-refractivity contribution in [2.24, 2.45) is 11.8 Å². The Bertz CT molecular complexity index is 164. The van der Waals surface area contributed by atoms with Crippen LogP contribution in [0.2, 0.25) is 0 Å². The van der Waals surface area contributed by atoms with Gasteiger partial charge in [0.2, 0.25) is 5.91 Å². The number of hydrogen-bond donors (Lipinski definition) is 0. The van der Waals surface area contributed by atoms with Gasteiger partial charge in [-0.3, -0.25) is 4.79 Å². The lowest BCUT2D eigenvalue weighted by Crippen LogP contribution is -2.28. The van der Waals surface area contributed by atoms with Crippen molar-refractivity contribution < 1.29 is 4.79 Å². The summed E-state index contributed by atoms with van der Waals surface area (Å²) in [4.78, 5) is 13.4. The summed E-state index contributed by atoms with van der Waals surface area (Å²) in [5, 5.41) is 0. The zero-order valence-electron chi connectivity index (χ0n) is 10.3. The molecule has 0 N–H and O–H groups in total. The molecule has 0 aromatic rings. The zero-order chi connectivity index (χ0) is 11.1. The maximum Gasteiger partial charge on any atom is 0.222 e. The molecular formula is C12H25NO. The third-order valence-corrected chi connectivity index (χ3v) is 2.28. The fraction of sp³-hybridized carbons (Fsp3) is 0.917. The highest BCUT2D eigenvalue weighted by Crippen LogP contribution is 2.07. The molecule has 0 spiro atoms. The number of amides is 1. The SMILES string of the molecule is CC(C)CCCN(C)C(=O)CC(C)C. The second-order valence-corrected chi connectivity index (χ2v) is 4.95. The molecule has 0 radical (unpaired) electrons. The number of carbonyl (C=O) groups excluding carboxylic acids is 1. The zero-order valence-corrected chi connectivity index (χ0v) is 10.3. The molecule has 2 heteroatoms. The lowest BCUT2D eigenvalue weighted by molar-refractivity contribution is -0.130.